The number of piperidine rings is 1. The van der Waals surface area contributed by atoms with E-state index in [-0.39, 0.29) is 34.9 Å². The zero-order valence-electron chi connectivity index (χ0n) is 14.6. The Morgan fingerprint density at radius 3 is 2.36 bits per heavy atom. The smallest absolute Gasteiger partial charge is 0.410 e. The maximum absolute atomic E-state index is 12.0. The second kappa shape index (κ2) is 7.08. The van der Waals surface area contributed by atoms with Gasteiger partial charge < -0.3 is 30.3 Å². The monoisotopic (exact) mass is 352 g/mol. The Morgan fingerprint density at radius 1 is 1.24 bits per heavy atom. The number of carbonyl (C=O) groups is 2. The minimum atomic E-state index is -1.19. The summed E-state index contributed by atoms with van der Waals surface area (Å²) < 4.78 is 11.0. The molecule has 0 saturated carbocycles. The lowest BCUT2D eigenvalue weighted by molar-refractivity contribution is 0.0124. The standard InChI is InChI=1S/C17H24N2O6/c1-17(2,3)25-16(23)19-6-4-10(5-7-19)24-14-8-11(15(21)22)12(18)9-13(14)20/h8-10,20H,4-7,18H2,1-3H3,(H,21,22). The van der Waals surface area contributed by atoms with Crippen LogP contribution in [0.4, 0.5) is 10.5 Å². The van der Waals surface area contributed by atoms with Crippen molar-refractivity contribution >= 4 is 17.7 Å². The van der Waals surface area contributed by atoms with Crippen LogP contribution in [-0.2, 0) is 4.74 Å². The number of phenols is 1. The van der Waals surface area contributed by atoms with Crippen LogP contribution in [0.5, 0.6) is 11.5 Å². The van der Waals surface area contributed by atoms with Crippen molar-refractivity contribution in [1.82, 2.24) is 4.90 Å². The van der Waals surface area contributed by atoms with Crippen molar-refractivity contribution in [3.63, 3.8) is 0 Å². The molecule has 0 radical (unpaired) electrons. The molecule has 0 aliphatic carbocycles. The summed E-state index contributed by atoms with van der Waals surface area (Å²) in [5.74, 6) is -1.33. The van der Waals surface area contributed by atoms with Gasteiger partial charge in [0.25, 0.3) is 0 Å². The summed E-state index contributed by atoms with van der Waals surface area (Å²) in [6.45, 7) is 6.35. The number of nitrogen functional groups attached to an aromatic ring is 1. The molecular weight excluding hydrogens is 328 g/mol. The van der Waals surface area contributed by atoms with Crippen molar-refractivity contribution in [2.24, 2.45) is 0 Å². The van der Waals surface area contributed by atoms with Gasteiger partial charge in [0, 0.05) is 38.1 Å². The number of amides is 1. The van der Waals surface area contributed by atoms with Gasteiger partial charge in [0.05, 0.1) is 11.3 Å². The fourth-order valence-corrected chi connectivity index (χ4v) is 2.53. The number of hydrogen-bond acceptors (Lipinski definition) is 6. The highest BCUT2D eigenvalue weighted by molar-refractivity contribution is 5.94. The Bertz CT molecular complexity index is 660. The molecule has 0 spiro atoms. The average Bonchev–Trinajstić information content (AvgIpc) is 2.48. The molecule has 1 aliphatic heterocycles. The highest BCUT2D eigenvalue weighted by Gasteiger charge is 2.28. The Labute approximate surface area is 146 Å². The van der Waals surface area contributed by atoms with E-state index in [2.05, 4.69) is 0 Å². The van der Waals surface area contributed by atoms with Gasteiger partial charge in [-0.3, -0.25) is 0 Å². The lowest BCUT2D eigenvalue weighted by atomic mass is 10.1. The van der Waals surface area contributed by atoms with Gasteiger partial charge in [-0.25, -0.2) is 9.59 Å². The van der Waals surface area contributed by atoms with Crippen LogP contribution in [0.3, 0.4) is 0 Å². The van der Waals surface area contributed by atoms with Gasteiger partial charge in [-0.2, -0.15) is 0 Å². The first-order valence-corrected chi connectivity index (χ1v) is 8.07. The third kappa shape index (κ3) is 4.91. The molecule has 1 aliphatic rings. The summed E-state index contributed by atoms with van der Waals surface area (Å²) in [6.07, 6.45) is 0.487. The maximum atomic E-state index is 12.0. The van der Waals surface area contributed by atoms with E-state index in [1.54, 1.807) is 4.90 Å². The van der Waals surface area contributed by atoms with Gasteiger partial charge in [0.2, 0.25) is 0 Å². The number of carboxylic acid groups (broad SMARTS) is 1. The zero-order chi connectivity index (χ0) is 18.8. The molecule has 8 nitrogen and oxygen atoms in total. The van der Waals surface area contributed by atoms with Crippen molar-refractivity contribution in [2.75, 3.05) is 18.8 Å². The van der Waals surface area contributed by atoms with Gasteiger partial charge in [0.15, 0.2) is 11.5 Å². The van der Waals surface area contributed by atoms with Crippen molar-refractivity contribution < 1.29 is 29.3 Å². The highest BCUT2D eigenvalue weighted by Crippen LogP contribution is 2.33. The largest absolute Gasteiger partial charge is 0.504 e. The number of rotatable bonds is 3. The number of benzene rings is 1. The number of carbonyl (C=O) groups excluding carboxylic acids is 1. The molecule has 4 N–H and O–H groups in total. The number of ether oxygens (including phenoxy) is 2. The molecule has 0 bridgehead atoms. The average molecular weight is 352 g/mol. The molecule has 138 valence electrons. The van der Waals surface area contributed by atoms with E-state index < -0.39 is 11.6 Å². The fraction of sp³-hybridized carbons (Fsp3) is 0.529. The van der Waals surface area contributed by atoms with E-state index in [9.17, 15) is 14.7 Å². The van der Waals surface area contributed by atoms with Gasteiger partial charge in [-0.15, -0.1) is 0 Å². The molecule has 1 aromatic rings. The van der Waals surface area contributed by atoms with E-state index in [0.29, 0.717) is 25.9 Å². The summed E-state index contributed by atoms with van der Waals surface area (Å²) in [6, 6.07) is 2.38. The summed E-state index contributed by atoms with van der Waals surface area (Å²) in [5.41, 5.74) is 4.87. The van der Waals surface area contributed by atoms with Gasteiger partial charge >= 0.3 is 12.1 Å². The van der Waals surface area contributed by atoms with Crippen molar-refractivity contribution in [3.05, 3.63) is 17.7 Å². The fourth-order valence-electron chi connectivity index (χ4n) is 2.53. The molecule has 0 unspecified atom stereocenters. The predicted molar refractivity (Wildman–Crippen MR) is 90.9 cm³/mol. The van der Waals surface area contributed by atoms with E-state index in [1.165, 1.54) is 6.07 Å². The van der Waals surface area contributed by atoms with Crippen LogP contribution in [0, 0.1) is 0 Å². The first kappa shape index (κ1) is 18.7. The molecule has 1 fully saturated rings. The minimum absolute atomic E-state index is 0.0305. The Balaban J connectivity index is 1.97. The SMILES string of the molecule is CC(C)(C)OC(=O)N1CCC(Oc2cc(C(=O)O)c(N)cc2O)CC1. The summed E-state index contributed by atoms with van der Waals surface area (Å²) >= 11 is 0. The first-order valence-electron chi connectivity index (χ1n) is 8.07. The molecule has 1 heterocycles. The topological polar surface area (TPSA) is 122 Å². The van der Waals surface area contributed by atoms with Crippen LogP contribution in [0.15, 0.2) is 12.1 Å². The van der Waals surface area contributed by atoms with Crippen molar-refractivity contribution in [1.29, 1.82) is 0 Å². The van der Waals surface area contributed by atoms with E-state index >= 15 is 0 Å². The Hall–Kier alpha value is -2.64. The lowest BCUT2D eigenvalue weighted by Gasteiger charge is -2.33. The Kier molecular flexibility index (Phi) is 5.30. The summed E-state index contributed by atoms with van der Waals surface area (Å²) in [7, 11) is 0. The highest BCUT2D eigenvalue weighted by atomic mass is 16.6. The number of aromatic carboxylic acids is 1. The third-order valence-corrected chi connectivity index (χ3v) is 3.75. The molecule has 8 heteroatoms. The number of anilines is 1. The molecular formula is C17H24N2O6. The van der Waals surface area contributed by atoms with Gasteiger partial charge in [-0.1, -0.05) is 0 Å². The number of carboxylic acids is 1. The molecule has 1 saturated heterocycles. The van der Waals surface area contributed by atoms with Crippen LogP contribution in [0.25, 0.3) is 0 Å². The van der Waals surface area contributed by atoms with Crippen LogP contribution in [0.2, 0.25) is 0 Å². The van der Waals surface area contributed by atoms with Crippen LogP contribution >= 0.6 is 0 Å². The maximum Gasteiger partial charge on any atom is 0.410 e. The molecule has 1 amide bonds. The summed E-state index contributed by atoms with van der Waals surface area (Å²) in [5, 5.41) is 19.0. The van der Waals surface area contributed by atoms with Gasteiger partial charge in [-0.05, 0) is 20.8 Å². The lowest BCUT2D eigenvalue weighted by Crippen LogP contribution is -2.44. The zero-order valence-corrected chi connectivity index (χ0v) is 14.6. The quantitative estimate of drug-likeness (QED) is 0.714. The number of phenolic OH excluding ortho intramolecular Hbond substituents is 1. The first-order chi connectivity index (χ1) is 11.6. The Morgan fingerprint density at radius 2 is 1.84 bits per heavy atom. The second-order valence-corrected chi connectivity index (χ2v) is 7.00. The molecule has 0 atom stereocenters. The van der Waals surface area contributed by atoms with Crippen LogP contribution in [0.1, 0.15) is 44.0 Å². The molecule has 2 rings (SSSR count). The minimum Gasteiger partial charge on any atom is -0.504 e. The van der Waals surface area contributed by atoms with Crippen LogP contribution in [-0.4, -0.2) is 52.0 Å². The number of nitrogens with zero attached hydrogens (tertiary/aromatic N) is 1. The second-order valence-electron chi connectivity index (χ2n) is 7.00. The molecule has 25 heavy (non-hydrogen) atoms. The van der Waals surface area contributed by atoms with Crippen molar-refractivity contribution in [3.8, 4) is 11.5 Å². The van der Waals surface area contributed by atoms with E-state index in [4.69, 9.17) is 20.3 Å². The van der Waals surface area contributed by atoms with Crippen LogP contribution < -0.4 is 10.5 Å². The normalized spacial score (nSPS) is 15.7. The molecule has 0 aromatic heterocycles. The number of hydrogen-bond donors (Lipinski definition) is 3. The van der Waals surface area contributed by atoms with Crippen molar-refractivity contribution in [2.45, 2.75) is 45.3 Å². The van der Waals surface area contributed by atoms with E-state index in [1.807, 2.05) is 20.8 Å². The third-order valence-electron chi connectivity index (χ3n) is 3.75. The predicted octanol–water partition coefficient (Wildman–Crippen LogP) is 2.45. The number of likely N-dealkylation sites (tertiary alicyclic amines) is 1. The summed E-state index contributed by atoms with van der Waals surface area (Å²) in [4.78, 5) is 24.8. The van der Waals surface area contributed by atoms with Gasteiger partial charge in [0.1, 0.15) is 11.7 Å². The molecule has 1 aromatic carbocycles. The van der Waals surface area contributed by atoms with E-state index in [0.717, 1.165) is 6.07 Å². The number of nitrogens with two attached hydrogens (primary N) is 1. The number of aromatic hydroxyl groups is 1.